The van der Waals surface area contributed by atoms with Gasteiger partial charge in [-0.15, -0.1) is 0 Å². The molecule has 0 radical (unpaired) electrons. The van der Waals surface area contributed by atoms with Crippen LogP contribution in [0.1, 0.15) is 26.3 Å². The third-order valence-corrected chi connectivity index (χ3v) is 3.48. The van der Waals surface area contributed by atoms with E-state index in [9.17, 15) is 4.79 Å². The highest BCUT2D eigenvalue weighted by Gasteiger charge is 2.47. The van der Waals surface area contributed by atoms with Gasteiger partial charge in [0.25, 0.3) is 0 Å². The van der Waals surface area contributed by atoms with Crippen LogP contribution >= 0.6 is 0 Å². The summed E-state index contributed by atoms with van der Waals surface area (Å²) in [5.41, 5.74) is 0.935. The second-order valence-corrected chi connectivity index (χ2v) is 6.41. The molecule has 0 saturated carbocycles. The number of hydrogen-bond acceptors (Lipinski definition) is 4. The van der Waals surface area contributed by atoms with E-state index in [0.717, 1.165) is 16.9 Å². The fourth-order valence-corrected chi connectivity index (χ4v) is 2.54. The van der Waals surface area contributed by atoms with Crippen molar-refractivity contribution in [2.75, 3.05) is 10.6 Å². The Kier molecular flexibility index (Phi) is 3.32. The lowest BCUT2D eigenvalue weighted by Crippen LogP contribution is -2.49. The van der Waals surface area contributed by atoms with E-state index in [1.54, 1.807) is 0 Å². The molecule has 0 spiro atoms. The molecule has 2 N–H and O–H groups in total. The first-order valence-electron chi connectivity index (χ1n) is 7.35. The van der Waals surface area contributed by atoms with Gasteiger partial charge < -0.3 is 15.4 Å². The monoisotopic (exact) mass is 296 g/mol. The molecule has 0 atom stereocenters. The van der Waals surface area contributed by atoms with Gasteiger partial charge in [-0.05, 0) is 32.9 Å². The quantitative estimate of drug-likeness (QED) is 0.829. The van der Waals surface area contributed by atoms with Crippen molar-refractivity contribution < 1.29 is 9.53 Å². The van der Waals surface area contributed by atoms with Gasteiger partial charge >= 0.3 is 5.97 Å². The minimum atomic E-state index is -1.10. The van der Waals surface area contributed by atoms with E-state index in [0.29, 0.717) is 0 Å². The number of esters is 1. The molecule has 0 aromatic heterocycles. The zero-order chi connectivity index (χ0) is 15.8. The summed E-state index contributed by atoms with van der Waals surface area (Å²) in [6, 6.07) is 17.3. The Morgan fingerprint density at radius 1 is 0.909 bits per heavy atom. The van der Waals surface area contributed by atoms with Gasteiger partial charge in [0.1, 0.15) is 5.60 Å². The van der Waals surface area contributed by atoms with Crippen molar-refractivity contribution in [1.29, 1.82) is 0 Å². The first-order valence-corrected chi connectivity index (χ1v) is 7.35. The number of carbonyl (C=O) groups excluding carboxylic acids is 1. The van der Waals surface area contributed by atoms with E-state index in [2.05, 4.69) is 10.6 Å². The molecule has 0 bridgehead atoms. The Morgan fingerprint density at radius 3 is 1.91 bits per heavy atom. The van der Waals surface area contributed by atoms with Crippen LogP contribution in [0.25, 0.3) is 0 Å². The van der Waals surface area contributed by atoms with E-state index in [1.165, 1.54) is 0 Å². The third kappa shape index (κ3) is 2.52. The van der Waals surface area contributed by atoms with Crippen LogP contribution in [-0.4, -0.2) is 11.6 Å². The molecule has 1 aliphatic heterocycles. The van der Waals surface area contributed by atoms with Crippen LogP contribution in [0.5, 0.6) is 0 Å². The molecule has 1 heterocycles. The molecule has 4 nitrogen and oxygen atoms in total. The van der Waals surface area contributed by atoms with Gasteiger partial charge in [0.2, 0.25) is 5.66 Å². The van der Waals surface area contributed by atoms with Crippen LogP contribution in [0.15, 0.2) is 54.6 Å². The zero-order valence-corrected chi connectivity index (χ0v) is 13.0. The van der Waals surface area contributed by atoms with Crippen molar-refractivity contribution in [1.82, 2.24) is 0 Å². The molecule has 1 aliphatic rings. The highest BCUT2D eigenvalue weighted by atomic mass is 16.6. The Morgan fingerprint density at radius 2 is 1.41 bits per heavy atom. The number of anilines is 2. The Bertz CT molecular complexity index is 665. The summed E-state index contributed by atoms with van der Waals surface area (Å²) in [6.45, 7) is 5.60. The SMILES string of the molecule is CC(C)(C)OC(=O)C1(c2ccccc2)Nc2ccccc2N1. The molecule has 0 aliphatic carbocycles. The normalized spacial score (nSPS) is 15.4. The van der Waals surface area contributed by atoms with Crippen molar-refractivity contribution in [3.8, 4) is 0 Å². The highest BCUT2D eigenvalue weighted by Crippen LogP contribution is 2.40. The van der Waals surface area contributed by atoms with E-state index >= 15 is 0 Å². The van der Waals surface area contributed by atoms with Crippen molar-refractivity contribution in [2.45, 2.75) is 32.0 Å². The fraction of sp³-hybridized carbons (Fsp3) is 0.278. The predicted octanol–water partition coefficient (Wildman–Crippen LogP) is 3.72. The van der Waals surface area contributed by atoms with Crippen molar-refractivity contribution in [3.05, 3.63) is 60.2 Å². The first-order chi connectivity index (χ1) is 10.4. The number of para-hydroxylation sites is 2. The van der Waals surface area contributed by atoms with Crippen LogP contribution in [0.3, 0.4) is 0 Å². The van der Waals surface area contributed by atoms with Crippen LogP contribution in [0.4, 0.5) is 11.4 Å². The lowest BCUT2D eigenvalue weighted by molar-refractivity contribution is -0.159. The number of ether oxygens (including phenoxy) is 1. The molecule has 3 rings (SSSR count). The van der Waals surface area contributed by atoms with Gasteiger partial charge in [0, 0.05) is 5.56 Å². The van der Waals surface area contributed by atoms with Crippen LogP contribution in [-0.2, 0) is 15.2 Å². The minimum absolute atomic E-state index is 0.345. The number of hydrogen-bond donors (Lipinski definition) is 2. The molecule has 0 fully saturated rings. The lowest BCUT2D eigenvalue weighted by atomic mass is 9.99. The summed E-state index contributed by atoms with van der Waals surface area (Å²) < 4.78 is 5.65. The summed E-state index contributed by atoms with van der Waals surface area (Å²) in [7, 11) is 0. The number of benzene rings is 2. The second kappa shape index (κ2) is 5.05. The number of rotatable bonds is 2. The summed E-state index contributed by atoms with van der Waals surface area (Å²) in [6.07, 6.45) is 0. The highest BCUT2D eigenvalue weighted by molar-refractivity contribution is 5.95. The molecular weight excluding hydrogens is 276 g/mol. The molecule has 0 saturated heterocycles. The second-order valence-electron chi connectivity index (χ2n) is 6.41. The Balaban J connectivity index is 2.04. The van der Waals surface area contributed by atoms with Crippen LogP contribution in [0.2, 0.25) is 0 Å². The maximum absolute atomic E-state index is 12.9. The van der Waals surface area contributed by atoms with Gasteiger partial charge in [-0.25, -0.2) is 4.79 Å². The van der Waals surface area contributed by atoms with E-state index in [-0.39, 0.29) is 5.97 Å². The molecule has 114 valence electrons. The third-order valence-electron chi connectivity index (χ3n) is 3.48. The zero-order valence-electron chi connectivity index (χ0n) is 13.0. The molecule has 2 aromatic carbocycles. The largest absolute Gasteiger partial charge is 0.457 e. The van der Waals surface area contributed by atoms with Gasteiger partial charge in [0.15, 0.2) is 0 Å². The molecule has 0 amide bonds. The van der Waals surface area contributed by atoms with Gasteiger partial charge in [-0.3, -0.25) is 0 Å². The Labute approximate surface area is 130 Å². The molecule has 4 heteroatoms. The molecule has 2 aromatic rings. The van der Waals surface area contributed by atoms with E-state index < -0.39 is 11.3 Å². The lowest BCUT2D eigenvalue weighted by Gasteiger charge is -2.32. The Hall–Kier alpha value is -2.49. The van der Waals surface area contributed by atoms with Crippen molar-refractivity contribution in [2.24, 2.45) is 0 Å². The standard InChI is InChI=1S/C18H20N2O2/c1-17(2,3)22-16(21)18(13-9-5-4-6-10-13)19-14-11-7-8-12-15(14)20-18/h4-12,19-20H,1-3H3. The summed E-state index contributed by atoms with van der Waals surface area (Å²) in [5.74, 6) is -0.345. The summed E-state index contributed by atoms with van der Waals surface area (Å²) in [4.78, 5) is 12.9. The maximum Gasteiger partial charge on any atom is 0.358 e. The predicted molar refractivity (Wildman–Crippen MR) is 87.7 cm³/mol. The van der Waals surface area contributed by atoms with Gasteiger partial charge in [0.05, 0.1) is 11.4 Å². The van der Waals surface area contributed by atoms with Crippen LogP contribution in [0, 0.1) is 0 Å². The van der Waals surface area contributed by atoms with Crippen molar-refractivity contribution >= 4 is 17.3 Å². The van der Waals surface area contributed by atoms with Gasteiger partial charge in [-0.2, -0.15) is 0 Å². The van der Waals surface area contributed by atoms with E-state index in [1.807, 2.05) is 75.4 Å². The smallest absolute Gasteiger partial charge is 0.358 e. The number of fused-ring (bicyclic) bond motifs is 1. The average molecular weight is 296 g/mol. The molecule has 22 heavy (non-hydrogen) atoms. The van der Waals surface area contributed by atoms with Crippen LogP contribution < -0.4 is 10.6 Å². The number of carbonyl (C=O) groups is 1. The molecular formula is C18H20N2O2. The minimum Gasteiger partial charge on any atom is -0.457 e. The maximum atomic E-state index is 12.9. The summed E-state index contributed by atoms with van der Waals surface area (Å²) in [5, 5.41) is 6.60. The van der Waals surface area contributed by atoms with E-state index in [4.69, 9.17) is 4.74 Å². The van der Waals surface area contributed by atoms with Gasteiger partial charge in [-0.1, -0.05) is 42.5 Å². The topological polar surface area (TPSA) is 50.4 Å². The average Bonchev–Trinajstić information content (AvgIpc) is 2.87. The summed E-state index contributed by atoms with van der Waals surface area (Å²) >= 11 is 0. The first kappa shape index (κ1) is 14.4. The fourth-order valence-electron chi connectivity index (χ4n) is 2.54. The van der Waals surface area contributed by atoms with Crippen molar-refractivity contribution in [3.63, 3.8) is 0 Å². The number of nitrogens with one attached hydrogen (secondary N) is 2. The molecule has 0 unspecified atom stereocenters.